The van der Waals surface area contributed by atoms with Crippen molar-refractivity contribution >= 4 is 5.91 Å². The maximum absolute atomic E-state index is 12.2. The molecule has 5 N–H and O–H groups in total. The Morgan fingerprint density at radius 3 is 2.54 bits per heavy atom. The van der Waals surface area contributed by atoms with E-state index < -0.39 is 24.4 Å². The average Bonchev–Trinajstić information content (AvgIpc) is 2.84. The number of rotatable bonds is 4. The van der Waals surface area contributed by atoms with E-state index >= 15 is 0 Å². The summed E-state index contributed by atoms with van der Waals surface area (Å²) in [6, 6.07) is 2.86. The molecule has 0 saturated carbocycles. The molecule has 0 bridgehead atoms. The van der Waals surface area contributed by atoms with Crippen LogP contribution in [0, 0.1) is 0 Å². The lowest BCUT2D eigenvalue weighted by Gasteiger charge is -2.40. The Hall–Kier alpha value is -1.87. The van der Waals surface area contributed by atoms with Crippen molar-refractivity contribution in [2.45, 2.75) is 30.6 Å². The van der Waals surface area contributed by atoms with Crippen molar-refractivity contribution in [1.82, 2.24) is 4.90 Å². The highest BCUT2D eigenvalue weighted by atomic mass is 16.5. The van der Waals surface area contributed by atoms with Crippen LogP contribution in [0.15, 0.2) is 12.1 Å². The fourth-order valence-corrected chi connectivity index (χ4v) is 3.65. The van der Waals surface area contributed by atoms with Gasteiger partial charge in [0.05, 0.1) is 33.3 Å². The van der Waals surface area contributed by atoms with Gasteiger partial charge in [-0.1, -0.05) is 0 Å². The molecule has 1 fully saturated rings. The Kier molecular flexibility index (Phi) is 5.05. The van der Waals surface area contributed by atoms with Gasteiger partial charge in [0.2, 0.25) is 5.91 Å². The minimum absolute atomic E-state index is 0. The number of carbonyl (C=O) groups is 1. The summed E-state index contributed by atoms with van der Waals surface area (Å²) in [4.78, 5) is 13.8. The van der Waals surface area contributed by atoms with Gasteiger partial charge in [-0.05, 0) is 29.7 Å². The summed E-state index contributed by atoms with van der Waals surface area (Å²) in [5.74, 6) is 0.842. The van der Waals surface area contributed by atoms with Crippen LogP contribution in [0.2, 0.25) is 0 Å². The van der Waals surface area contributed by atoms with Crippen molar-refractivity contribution in [2.24, 2.45) is 0 Å². The number of nitrogens with zero attached hydrogens (tertiary/aromatic N) is 1. The van der Waals surface area contributed by atoms with Crippen LogP contribution in [0.5, 0.6) is 11.5 Å². The molecule has 1 aromatic carbocycles. The summed E-state index contributed by atoms with van der Waals surface area (Å²) in [5, 5.41) is 30.3. The number of amides is 1. The Morgan fingerprint density at radius 1 is 1.33 bits per heavy atom. The second-order valence-corrected chi connectivity index (χ2v) is 6.01. The molecule has 0 spiro atoms. The zero-order valence-electron chi connectivity index (χ0n) is 13.7. The van der Waals surface area contributed by atoms with Crippen LogP contribution < -0.4 is 9.47 Å². The number of carbonyl (C=O) groups excluding carboxylic acids is 1. The molecule has 2 aliphatic heterocycles. The normalized spacial score (nSPS) is 26.3. The molecular weight excluding hydrogens is 318 g/mol. The van der Waals surface area contributed by atoms with Gasteiger partial charge in [-0.25, -0.2) is 0 Å². The van der Waals surface area contributed by atoms with Gasteiger partial charge in [0.15, 0.2) is 11.5 Å². The van der Waals surface area contributed by atoms with E-state index in [0.29, 0.717) is 24.5 Å². The van der Waals surface area contributed by atoms with Gasteiger partial charge in [-0.3, -0.25) is 4.79 Å². The van der Waals surface area contributed by atoms with Gasteiger partial charge < -0.3 is 35.2 Å². The van der Waals surface area contributed by atoms with Crippen molar-refractivity contribution in [1.29, 1.82) is 0 Å². The number of fused-ring (bicyclic) bond motifs is 3. The summed E-state index contributed by atoms with van der Waals surface area (Å²) in [6.07, 6.45) is -0.989. The van der Waals surface area contributed by atoms with E-state index in [-0.39, 0.29) is 17.8 Å². The highest BCUT2D eigenvalue weighted by Crippen LogP contribution is 2.48. The average molecular weight is 341 g/mol. The third-order valence-corrected chi connectivity index (χ3v) is 4.85. The first-order valence-corrected chi connectivity index (χ1v) is 7.51. The molecule has 2 aliphatic rings. The van der Waals surface area contributed by atoms with Gasteiger partial charge in [0.1, 0.15) is 11.7 Å². The molecule has 3 rings (SSSR count). The number of benzene rings is 1. The monoisotopic (exact) mass is 341 g/mol. The molecule has 1 aromatic rings. The van der Waals surface area contributed by atoms with E-state index in [1.807, 2.05) is 6.07 Å². The van der Waals surface area contributed by atoms with E-state index in [0.717, 1.165) is 11.1 Å². The van der Waals surface area contributed by atoms with Gasteiger partial charge in [0.25, 0.3) is 0 Å². The van der Waals surface area contributed by atoms with Crippen molar-refractivity contribution < 1.29 is 35.1 Å². The first kappa shape index (κ1) is 18.5. The lowest BCUT2D eigenvalue weighted by Crippen LogP contribution is -2.50. The van der Waals surface area contributed by atoms with Crippen molar-refractivity contribution in [3.8, 4) is 11.5 Å². The Labute approximate surface area is 139 Å². The first-order valence-electron chi connectivity index (χ1n) is 7.51. The number of methoxy groups -OCH3 is 2. The minimum Gasteiger partial charge on any atom is -0.493 e. The summed E-state index contributed by atoms with van der Waals surface area (Å²) in [5.41, 5.74) is -0.0717. The Bertz CT molecular complexity index is 635. The molecule has 0 aliphatic carbocycles. The van der Waals surface area contributed by atoms with Crippen LogP contribution in [0.3, 0.4) is 0 Å². The Morgan fingerprint density at radius 2 is 1.96 bits per heavy atom. The number of hydrogen-bond donors (Lipinski definition) is 3. The molecule has 3 atom stereocenters. The third kappa shape index (κ3) is 2.51. The summed E-state index contributed by atoms with van der Waals surface area (Å²) >= 11 is 0. The minimum atomic E-state index is -1.72. The first-order chi connectivity index (χ1) is 11.0. The van der Waals surface area contributed by atoms with Gasteiger partial charge in [-0.15, -0.1) is 0 Å². The van der Waals surface area contributed by atoms with Gasteiger partial charge in [-0.2, -0.15) is 0 Å². The molecule has 134 valence electrons. The standard InChI is InChI=1S/C16H21NO6.H2O/c1-22-11-5-9-3-4-17-14(20)7-16(21,13(19)8-18)15(17)10(9)6-12(11)23-2;/h5-6,13,15,18-19,21H,3-4,7-8H2,1-2H3;1H2/t13-,15-,16+;/m1./s1. The van der Waals surface area contributed by atoms with Crippen molar-refractivity contribution in [3.05, 3.63) is 23.3 Å². The lowest BCUT2D eigenvalue weighted by atomic mass is 9.80. The van der Waals surface area contributed by atoms with E-state index in [1.54, 1.807) is 18.1 Å². The fraction of sp³-hybridized carbons (Fsp3) is 0.562. The van der Waals surface area contributed by atoms with Crippen LogP contribution in [0.25, 0.3) is 0 Å². The molecule has 0 radical (unpaired) electrons. The van der Waals surface area contributed by atoms with Gasteiger partial charge in [0, 0.05) is 6.54 Å². The smallest absolute Gasteiger partial charge is 0.226 e. The molecule has 0 aromatic heterocycles. The molecule has 2 heterocycles. The van der Waals surface area contributed by atoms with E-state index in [9.17, 15) is 20.1 Å². The van der Waals surface area contributed by atoms with Crippen molar-refractivity contribution in [2.75, 3.05) is 27.4 Å². The predicted molar refractivity (Wildman–Crippen MR) is 84.0 cm³/mol. The predicted octanol–water partition coefficient (Wildman–Crippen LogP) is -1.21. The zero-order valence-corrected chi connectivity index (χ0v) is 13.7. The topological polar surface area (TPSA) is 131 Å². The Balaban J connectivity index is 0.00000208. The molecule has 8 heteroatoms. The summed E-state index contributed by atoms with van der Waals surface area (Å²) < 4.78 is 10.6. The van der Waals surface area contributed by atoms with Crippen LogP contribution in [0.1, 0.15) is 23.6 Å². The highest BCUT2D eigenvalue weighted by Gasteiger charge is 2.56. The second kappa shape index (κ2) is 6.56. The highest BCUT2D eigenvalue weighted by molar-refractivity contribution is 5.82. The molecule has 1 amide bonds. The third-order valence-electron chi connectivity index (χ3n) is 4.85. The molecule has 24 heavy (non-hydrogen) atoms. The summed E-state index contributed by atoms with van der Waals surface area (Å²) in [7, 11) is 3.06. The van der Waals surface area contributed by atoms with Crippen molar-refractivity contribution in [3.63, 3.8) is 0 Å². The maximum atomic E-state index is 12.2. The van der Waals surface area contributed by atoms with Crippen LogP contribution in [-0.4, -0.2) is 70.7 Å². The SMILES string of the molecule is COc1cc2c(cc1OC)[C@H]1N(CC2)C(=O)C[C@]1(O)[C@H](O)CO.O. The van der Waals surface area contributed by atoms with Crippen LogP contribution >= 0.6 is 0 Å². The summed E-state index contributed by atoms with van der Waals surface area (Å²) in [6.45, 7) is -0.164. The molecular formula is C16H23NO7. The zero-order chi connectivity index (χ0) is 16.8. The number of ether oxygens (including phenoxy) is 2. The largest absolute Gasteiger partial charge is 0.493 e. The van der Waals surface area contributed by atoms with E-state index in [2.05, 4.69) is 0 Å². The maximum Gasteiger partial charge on any atom is 0.226 e. The quantitative estimate of drug-likeness (QED) is 0.630. The lowest BCUT2D eigenvalue weighted by molar-refractivity contribution is -0.129. The van der Waals surface area contributed by atoms with Crippen LogP contribution in [-0.2, 0) is 11.2 Å². The van der Waals surface area contributed by atoms with E-state index in [1.165, 1.54) is 7.11 Å². The number of hydrogen-bond acceptors (Lipinski definition) is 6. The molecule has 1 saturated heterocycles. The van der Waals surface area contributed by atoms with E-state index in [4.69, 9.17) is 9.47 Å². The number of aliphatic hydroxyl groups is 3. The van der Waals surface area contributed by atoms with Gasteiger partial charge >= 0.3 is 0 Å². The molecule has 0 unspecified atom stereocenters. The second-order valence-electron chi connectivity index (χ2n) is 6.01. The van der Waals surface area contributed by atoms with Crippen LogP contribution in [0.4, 0.5) is 0 Å². The molecule has 8 nitrogen and oxygen atoms in total. The number of aliphatic hydroxyl groups excluding tert-OH is 2. The fourth-order valence-electron chi connectivity index (χ4n) is 3.65.